The molecule has 2 atom stereocenters. The van der Waals surface area contributed by atoms with E-state index in [0.29, 0.717) is 17.5 Å². The molecule has 28 heavy (non-hydrogen) atoms. The number of nitrogens with one attached hydrogen (secondary N) is 1. The van der Waals surface area contributed by atoms with Crippen molar-refractivity contribution in [3.8, 4) is 0 Å². The van der Waals surface area contributed by atoms with Gasteiger partial charge in [0, 0.05) is 28.9 Å². The molecule has 0 bridgehead atoms. The van der Waals surface area contributed by atoms with Crippen LogP contribution in [-0.4, -0.2) is 43.8 Å². The summed E-state index contributed by atoms with van der Waals surface area (Å²) in [5, 5.41) is 2.76. The second kappa shape index (κ2) is 7.05. The third kappa shape index (κ3) is 3.54. The van der Waals surface area contributed by atoms with E-state index in [0.717, 1.165) is 17.7 Å². The normalized spacial score (nSPS) is 22.7. The van der Waals surface area contributed by atoms with Gasteiger partial charge in [-0.1, -0.05) is 18.2 Å². The third-order valence-electron chi connectivity index (χ3n) is 5.39. The Hall–Kier alpha value is -2.67. The predicted molar refractivity (Wildman–Crippen MR) is 107 cm³/mol. The fraction of sp³-hybridized carbons (Fsp3) is 0.333. The lowest BCUT2D eigenvalue weighted by atomic mass is 10.1. The first kappa shape index (κ1) is 18.7. The summed E-state index contributed by atoms with van der Waals surface area (Å²) in [5.74, 6) is -0.310. The molecule has 1 N–H and O–H groups in total. The first-order chi connectivity index (χ1) is 13.3. The summed E-state index contributed by atoms with van der Waals surface area (Å²) >= 11 is 0. The van der Waals surface area contributed by atoms with Crippen LogP contribution < -0.4 is 10.2 Å². The summed E-state index contributed by atoms with van der Waals surface area (Å²) in [7, 11) is -3.05. The van der Waals surface area contributed by atoms with E-state index in [-0.39, 0.29) is 35.4 Å². The standard InChI is InChI=1S/C21H22N2O4S/c1-14-12-17-4-2-3-5-19(17)23(14)21(25)16-8-6-15(7-9-16)20(24)22-18-10-11-28(26,27)13-18/h2-9,14,18H,10-13H2,1H3,(H,22,24). The van der Waals surface area contributed by atoms with Crippen LogP contribution in [0.3, 0.4) is 0 Å². The molecule has 2 aromatic carbocycles. The summed E-state index contributed by atoms with van der Waals surface area (Å²) in [6.07, 6.45) is 1.27. The van der Waals surface area contributed by atoms with Crippen LogP contribution in [-0.2, 0) is 16.3 Å². The molecule has 1 saturated heterocycles. The average molecular weight is 398 g/mol. The number of nitrogens with zero attached hydrogens (tertiary/aromatic N) is 1. The Labute approximate surface area is 164 Å². The molecule has 0 radical (unpaired) electrons. The number of sulfone groups is 1. The van der Waals surface area contributed by atoms with Crippen molar-refractivity contribution in [3.63, 3.8) is 0 Å². The molecule has 0 saturated carbocycles. The Balaban J connectivity index is 1.47. The average Bonchev–Trinajstić information content (AvgIpc) is 3.19. The number of amides is 2. The van der Waals surface area contributed by atoms with E-state index in [9.17, 15) is 18.0 Å². The molecule has 2 heterocycles. The van der Waals surface area contributed by atoms with Gasteiger partial charge in [0.2, 0.25) is 0 Å². The van der Waals surface area contributed by atoms with Gasteiger partial charge in [-0.05, 0) is 55.7 Å². The maximum Gasteiger partial charge on any atom is 0.258 e. The van der Waals surface area contributed by atoms with Crippen molar-refractivity contribution in [1.82, 2.24) is 5.32 Å². The summed E-state index contributed by atoms with van der Waals surface area (Å²) in [6.45, 7) is 2.02. The van der Waals surface area contributed by atoms with Crippen molar-refractivity contribution >= 4 is 27.3 Å². The lowest BCUT2D eigenvalue weighted by Crippen LogP contribution is -2.36. The Morgan fingerprint density at radius 2 is 1.71 bits per heavy atom. The molecule has 7 heteroatoms. The molecule has 0 aromatic heterocycles. The predicted octanol–water partition coefficient (Wildman–Crippen LogP) is 2.19. The van der Waals surface area contributed by atoms with Crippen LogP contribution in [0.2, 0.25) is 0 Å². The van der Waals surface area contributed by atoms with Gasteiger partial charge < -0.3 is 10.2 Å². The number of benzene rings is 2. The lowest BCUT2D eigenvalue weighted by molar-refractivity contribution is 0.0938. The fourth-order valence-electron chi connectivity index (χ4n) is 3.96. The second-order valence-electron chi connectivity index (χ2n) is 7.51. The van der Waals surface area contributed by atoms with E-state index in [1.54, 1.807) is 29.2 Å². The van der Waals surface area contributed by atoms with Gasteiger partial charge in [0.05, 0.1) is 11.5 Å². The SMILES string of the molecule is CC1Cc2ccccc2N1C(=O)c1ccc(C(=O)NC2CCS(=O)(=O)C2)cc1. The highest BCUT2D eigenvalue weighted by Gasteiger charge is 2.32. The number of anilines is 1. The molecule has 2 aliphatic rings. The number of rotatable bonds is 3. The first-order valence-corrected chi connectivity index (χ1v) is 11.2. The van der Waals surface area contributed by atoms with Crippen LogP contribution in [0.1, 0.15) is 39.6 Å². The summed E-state index contributed by atoms with van der Waals surface area (Å²) in [4.78, 5) is 27.2. The van der Waals surface area contributed by atoms with Crippen molar-refractivity contribution in [1.29, 1.82) is 0 Å². The molecular weight excluding hydrogens is 376 g/mol. The van der Waals surface area contributed by atoms with Gasteiger partial charge in [-0.2, -0.15) is 0 Å². The van der Waals surface area contributed by atoms with E-state index >= 15 is 0 Å². The van der Waals surface area contributed by atoms with Crippen LogP contribution in [0.15, 0.2) is 48.5 Å². The van der Waals surface area contributed by atoms with Crippen LogP contribution >= 0.6 is 0 Å². The second-order valence-corrected chi connectivity index (χ2v) is 9.74. The molecule has 0 aliphatic carbocycles. The molecule has 2 aliphatic heterocycles. The molecule has 146 valence electrons. The highest BCUT2D eigenvalue weighted by molar-refractivity contribution is 7.91. The maximum atomic E-state index is 13.0. The molecule has 0 spiro atoms. The van der Waals surface area contributed by atoms with Crippen LogP contribution in [0.4, 0.5) is 5.69 Å². The summed E-state index contributed by atoms with van der Waals surface area (Å²) < 4.78 is 23.1. The molecule has 2 aromatic rings. The molecule has 4 rings (SSSR count). The first-order valence-electron chi connectivity index (χ1n) is 9.37. The minimum absolute atomic E-state index is 0.0123. The van der Waals surface area contributed by atoms with E-state index in [1.165, 1.54) is 0 Å². The number of carbonyl (C=O) groups is 2. The van der Waals surface area contributed by atoms with Crippen LogP contribution in [0.5, 0.6) is 0 Å². The van der Waals surface area contributed by atoms with Crippen molar-refractivity contribution in [2.24, 2.45) is 0 Å². The molecular formula is C21H22N2O4S. The highest BCUT2D eigenvalue weighted by Crippen LogP contribution is 2.33. The zero-order chi connectivity index (χ0) is 19.9. The minimum Gasteiger partial charge on any atom is -0.348 e. The monoisotopic (exact) mass is 398 g/mol. The van der Waals surface area contributed by atoms with E-state index in [2.05, 4.69) is 5.32 Å². The Bertz CT molecular complexity index is 1030. The van der Waals surface area contributed by atoms with Gasteiger partial charge in [-0.3, -0.25) is 9.59 Å². The third-order valence-corrected chi connectivity index (χ3v) is 7.16. The van der Waals surface area contributed by atoms with Crippen LogP contribution in [0.25, 0.3) is 0 Å². The Morgan fingerprint density at radius 1 is 1.04 bits per heavy atom. The van der Waals surface area contributed by atoms with E-state index in [4.69, 9.17) is 0 Å². The molecule has 1 fully saturated rings. The zero-order valence-corrected chi connectivity index (χ0v) is 16.4. The van der Waals surface area contributed by atoms with Gasteiger partial charge in [0.1, 0.15) is 0 Å². The van der Waals surface area contributed by atoms with Gasteiger partial charge in [0.15, 0.2) is 9.84 Å². The van der Waals surface area contributed by atoms with Crippen LogP contribution in [0, 0.1) is 0 Å². The van der Waals surface area contributed by atoms with Gasteiger partial charge in [-0.15, -0.1) is 0 Å². The zero-order valence-electron chi connectivity index (χ0n) is 15.6. The topological polar surface area (TPSA) is 83.6 Å². The number of para-hydroxylation sites is 1. The molecule has 6 nitrogen and oxygen atoms in total. The van der Waals surface area contributed by atoms with Crippen molar-refractivity contribution in [2.45, 2.75) is 31.8 Å². The molecule has 2 amide bonds. The largest absolute Gasteiger partial charge is 0.348 e. The molecule has 2 unspecified atom stereocenters. The smallest absolute Gasteiger partial charge is 0.258 e. The fourth-order valence-corrected chi connectivity index (χ4v) is 5.63. The van der Waals surface area contributed by atoms with E-state index in [1.807, 2.05) is 31.2 Å². The lowest BCUT2D eigenvalue weighted by Gasteiger charge is -2.23. The van der Waals surface area contributed by atoms with Gasteiger partial charge >= 0.3 is 0 Å². The number of hydrogen-bond donors (Lipinski definition) is 1. The van der Waals surface area contributed by atoms with E-state index < -0.39 is 9.84 Å². The van der Waals surface area contributed by atoms with Crippen molar-refractivity contribution in [3.05, 3.63) is 65.2 Å². The van der Waals surface area contributed by atoms with Crippen molar-refractivity contribution < 1.29 is 18.0 Å². The summed E-state index contributed by atoms with van der Waals surface area (Å²) in [6, 6.07) is 14.1. The summed E-state index contributed by atoms with van der Waals surface area (Å²) in [5.41, 5.74) is 3.02. The minimum atomic E-state index is -3.05. The number of fused-ring (bicyclic) bond motifs is 1. The Kier molecular flexibility index (Phi) is 4.71. The van der Waals surface area contributed by atoms with Gasteiger partial charge in [-0.25, -0.2) is 8.42 Å². The highest BCUT2D eigenvalue weighted by atomic mass is 32.2. The Morgan fingerprint density at radius 3 is 2.39 bits per heavy atom. The quantitative estimate of drug-likeness (QED) is 0.859. The van der Waals surface area contributed by atoms with Crippen molar-refractivity contribution in [2.75, 3.05) is 16.4 Å². The number of carbonyl (C=O) groups excluding carboxylic acids is 2. The number of hydrogen-bond acceptors (Lipinski definition) is 4. The van der Waals surface area contributed by atoms with Gasteiger partial charge in [0.25, 0.3) is 11.8 Å². The maximum absolute atomic E-state index is 13.0.